The van der Waals surface area contributed by atoms with E-state index in [1.54, 1.807) is 0 Å². The Hall–Kier alpha value is -6.34. The van der Waals surface area contributed by atoms with Gasteiger partial charge in [0, 0.05) is 67.1 Å². The van der Waals surface area contributed by atoms with Crippen LogP contribution in [0.5, 0.6) is 11.5 Å². The van der Waals surface area contributed by atoms with E-state index in [9.17, 15) is 9.59 Å². The number of fused-ring (bicyclic) bond motifs is 2. The molecule has 4 aromatic rings. The van der Waals surface area contributed by atoms with Crippen LogP contribution >= 0.6 is 0 Å². The highest BCUT2D eigenvalue weighted by atomic mass is 16.7. The van der Waals surface area contributed by atoms with Crippen LogP contribution in [0.4, 0.5) is 46.5 Å². The standard InChI is InChI=1S/C30H43N5O3.C25H36N6O3.CH4.HNO/c36-26(27-13-7-9-21-38-27)12-6-1-2-8-20-37-24-16-14-23(15-17-24)33-30-34-28-25(18-19-31-28)29(35-30)32-22-10-4-3-5-11-22;26-34-22(32)10-6-1-2-7-17-33-20-13-11-19(12-14-20)29-25-30-23-21(15-16-27-23)24(31-25)28-18-8-4-3-5-9-18;;1-2/h14-17,22,27H,1-13,18-21H2,(H3,31,32,33,34,35);11-14,18H,1-10,15-17,26H2,(H3,27,28,29,30,31);1H4;1H. The first-order valence-electron chi connectivity index (χ1n) is 27.5. The molecular weight excluding hydrogens is 953 g/mol. The minimum absolute atomic E-state index is 0. The summed E-state index contributed by atoms with van der Waals surface area (Å²) in [4.78, 5) is 53.9. The molecule has 5 heterocycles. The van der Waals surface area contributed by atoms with Gasteiger partial charge in [0.1, 0.15) is 40.9 Å². The van der Waals surface area contributed by atoms with Crippen LogP contribution in [0.3, 0.4) is 0 Å². The third-order valence-corrected chi connectivity index (χ3v) is 14.3. The Balaban J connectivity index is 0.000000234. The monoisotopic (exact) mass is 1040 g/mol. The molecule has 0 bridgehead atoms. The number of anilines is 8. The van der Waals surface area contributed by atoms with Gasteiger partial charge in [0.15, 0.2) is 5.78 Å². The van der Waals surface area contributed by atoms with Gasteiger partial charge < -0.3 is 50.9 Å². The maximum Gasteiger partial charge on any atom is 0.324 e. The van der Waals surface area contributed by atoms with Gasteiger partial charge in [-0.25, -0.2) is 0 Å². The summed E-state index contributed by atoms with van der Waals surface area (Å²) in [7, 11) is 0. The van der Waals surface area contributed by atoms with E-state index < -0.39 is 0 Å². The third-order valence-electron chi connectivity index (χ3n) is 14.3. The molecule has 2 aromatic heterocycles. The van der Waals surface area contributed by atoms with Gasteiger partial charge in [0.2, 0.25) is 11.9 Å². The van der Waals surface area contributed by atoms with Crippen LogP contribution in [0.15, 0.2) is 48.5 Å². The average molecular weight is 1040 g/mol. The Morgan fingerprint density at radius 2 is 1.04 bits per heavy atom. The molecule has 0 amide bonds. The number of Topliss-reactive ketones (excluding diaryl/α,β-unsaturated/α-hetero) is 1. The van der Waals surface area contributed by atoms with Crippen molar-refractivity contribution in [2.24, 2.45) is 5.90 Å². The molecule has 2 aromatic carbocycles. The molecule has 2 aliphatic carbocycles. The average Bonchev–Trinajstić information content (AvgIpc) is 4.14. The van der Waals surface area contributed by atoms with Gasteiger partial charge in [-0.2, -0.15) is 30.7 Å². The van der Waals surface area contributed by atoms with E-state index in [2.05, 4.69) is 47.3 Å². The third kappa shape index (κ3) is 19.1. The highest BCUT2D eigenvalue weighted by Crippen LogP contribution is 2.33. The number of unbranched alkanes of at least 4 members (excludes halogenated alkanes) is 6. The number of rotatable bonds is 25. The van der Waals surface area contributed by atoms with E-state index in [1.807, 2.05) is 48.5 Å². The molecule has 410 valence electrons. The van der Waals surface area contributed by atoms with E-state index in [-0.39, 0.29) is 25.3 Å². The number of carbonyl (C=O) groups is 2. The van der Waals surface area contributed by atoms with Crippen molar-refractivity contribution in [2.45, 2.75) is 186 Å². The fourth-order valence-corrected chi connectivity index (χ4v) is 10.2. The lowest BCUT2D eigenvalue weighted by Crippen LogP contribution is -2.27. The topological polar surface area (TPSA) is 262 Å². The lowest BCUT2D eigenvalue weighted by Gasteiger charge is -2.24. The first-order valence-corrected chi connectivity index (χ1v) is 27.5. The van der Waals surface area contributed by atoms with Crippen LogP contribution in [-0.2, 0) is 32.0 Å². The lowest BCUT2D eigenvalue weighted by molar-refractivity contribution is -0.144. The van der Waals surface area contributed by atoms with Crippen LogP contribution < -0.4 is 47.3 Å². The molecule has 1 atom stereocenters. The predicted molar refractivity (Wildman–Crippen MR) is 298 cm³/mol. The molecular formula is C56H84N12O7. The molecule has 3 fully saturated rings. The highest BCUT2D eigenvalue weighted by molar-refractivity contribution is 5.83. The number of nitrogens with two attached hydrogens (primary N) is 1. The maximum absolute atomic E-state index is 12.2. The molecule has 0 radical (unpaired) electrons. The molecule has 9 N–H and O–H groups in total. The Bertz CT molecular complexity index is 2310. The first kappa shape index (κ1) is 57.9. The summed E-state index contributed by atoms with van der Waals surface area (Å²) in [5, 5.41) is 20.9. The SMILES string of the molecule is C.N=O.NOC(=O)CCCCCCOc1ccc(Nc2nc3c(c(NC4CCCCC4)n2)CCN3)cc1.O=C(CCCCCCOc1ccc(Nc2nc3c(c(NC4CCCCC4)n2)CCN3)cc1)C1CCCCO1. The molecule has 1 saturated heterocycles. The summed E-state index contributed by atoms with van der Waals surface area (Å²) >= 11 is 0. The number of benzene rings is 2. The molecule has 19 heteroatoms. The van der Waals surface area contributed by atoms with Crippen molar-refractivity contribution in [1.29, 1.82) is 5.59 Å². The van der Waals surface area contributed by atoms with Crippen molar-refractivity contribution < 1.29 is 28.6 Å². The second kappa shape index (κ2) is 32.2. The zero-order chi connectivity index (χ0) is 51.6. The number of nitrogens with one attached hydrogen (secondary N) is 7. The van der Waals surface area contributed by atoms with Crippen LogP contribution in [-0.4, -0.2) is 82.8 Å². The van der Waals surface area contributed by atoms with Gasteiger partial charge in [-0.1, -0.05) is 77.2 Å². The Morgan fingerprint density at radius 3 is 1.49 bits per heavy atom. The molecule has 2 saturated carbocycles. The van der Waals surface area contributed by atoms with E-state index >= 15 is 0 Å². The van der Waals surface area contributed by atoms with E-state index in [0.29, 0.717) is 50.0 Å². The largest absolute Gasteiger partial charge is 0.494 e. The summed E-state index contributed by atoms with van der Waals surface area (Å²) in [5.41, 5.74) is 8.75. The second-order valence-electron chi connectivity index (χ2n) is 19.9. The minimum atomic E-state index is -0.358. The van der Waals surface area contributed by atoms with Crippen LogP contribution in [0.25, 0.3) is 0 Å². The first-order chi connectivity index (χ1) is 36.5. The number of nitrogens with zero attached hydrogens (tertiary/aromatic N) is 4. The van der Waals surface area contributed by atoms with E-state index in [4.69, 9.17) is 40.0 Å². The minimum Gasteiger partial charge on any atom is -0.494 e. The molecule has 3 aliphatic heterocycles. The van der Waals surface area contributed by atoms with Crippen molar-refractivity contribution >= 4 is 58.3 Å². The number of ketones is 1. The molecule has 0 spiro atoms. The fourth-order valence-electron chi connectivity index (χ4n) is 10.2. The Kier molecular flexibility index (Phi) is 24.9. The van der Waals surface area contributed by atoms with Crippen LogP contribution in [0.1, 0.15) is 166 Å². The van der Waals surface area contributed by atoms with Crippen molar-refractivity contribution in [3.8, 4) is 11.5 Å². The highest BCUT2D eigenvalue weighted by Gasteiger charge is 2.25. The number of ether oxygens (including phenoxy) is 3. The maximum atomic E-state index is 12.2. The summed E-state index contributed by atoms with van der Waals surface area (Å²) < 4.78 is 17.4. The number of nitroso groups, excluding NO2 is 1. The van der Waals surface area contributed by atoms with Crippen molar-refractivity contribution in [2.75, 3.05) is 64.8 Å². The Morgan fingerprint density at radius 1 is 0.587 bits per heavy atom. The van der Waals surface area contributed by atoms with Gasteiger partial charge in [-0.15, -0.1) is 0 Å². The summed E-state index contributed by atoms with van der Waals surface area (Å²) in [6.07, 6.45) is 26.3. The molecule has 1 unspecified atom stereocenters. The molecule has 19 nitrogen and oxygen atoms in total. The zero-order valence-electron chi connectivity index (χ0n) is 43.3. The lowest BCUT2D eigenvalue weighted by atomic mass is 9.95. The van der Waals surface area contributed by atoms with Gasteiger partial charge in [0.25, 0.3) is 0 Å². The van der Waals surface area contributed by atoms with Crippen LogP contribution in [0, 0.1) is 10.5 Å². The van der Waals surface area contributed by atoms with E-state index in [0.717, 1.165) is 149 Å². The van der Waals surface area contributed by atoms with Crippen molar-refractivity contribution in [3.63, 3.8) is 0 Å². The fraction of sp³-hybridized carbons (Fsp3) is 0.607. The van der Waals surface area contributed by atoms with Crippen molar-refractivity contribution in [1.82, 2.24) is 19.9 Å². The number of aromatic nitrogens is 4. The number of hydrogen-bond acceptors (Lipinski definition) is 19. The smallest absolute Gasteiger partial charge is 0.324 e. The molecule has 75 heavy (non-hydrogen) atoms. The van der Waals surface area contributed by atoms with Gasteiger partial charge in [-0.3, -0.25) is 9.59 Å². The summed E-state index contributed by atoms with van der Waals surface area (Å²) in [6, 6.07) is 16.8. The van der Waals surface area contributed by atoms with Gasteiger partial charge in [-0.05, 0) is 132 Å². The Labute approximate surface area is 443 Å². The molecule has 9 rings (SSSR count). The predicted octanol–water partition coefficient (Wildman–Crippen LogP) is 12.0. The normalized spacial score (nSPS) is 16.8. The zero-order valence-corrected chi connectivity index (χ0v) is 43.3. The van der Waals surface area contributed by atoms with Crippen molar-refractivity contribution in [3.05, 3.63) is 64.6 Å². The summed E-state index contributed by atoms with van der Waals surface area (Å²) in [6.45, 7) is 3.88. The molecule has 5 aliphatic rings. The van der Waals surface area contributed by atoms with Crippen LogP contribution in [0.2, 0.25) is 0 Å². The number of carbonyl (C=O) groups excluding carboxylic acids is 2. The van der Waals surface area contributed by atoms with Gasteiger partial charge in [0.05, 0.1) is 13.2 Å². The van der Waals surface area contributed by atoms with Gasteiger partial charge >= 0.3 is 5.97 Å². The second-order valence-corrected chi connectivity index (χ2v) is 19.9. The van der Waals surface area contributed by atoms with E-state index in [1.165, 1.54) is 75.3 Å². The summed E-state index contributed by atoms with van der Waals surface area (Å²) in [5.74, 6) is 11.4. The number of hydrogen-bond donors (Lipinski definition) is 8. The quantitative estimate of drug-likeness (QED) is 0.0174.